The van der Waals surface area contributed by atoms with Crippen molar-refractivity contribution in [2.75, 3.05) is 7.11 Å². The van der Waals surface area contributed by atoms with E-state index in [0.29, 0.717) is 11.7 Å². The predicted octanol–water partition coefficient (Wildman–Crippen LogP) is 3.45. The number of nitrogens with zero attached hydrogens (tertiary/aromatic N) is 1. The van der Waals surface area contributed by atoms with Crippen LogP contribution in [0.1, 0.15) is 44.3 Å². The normalized spacial score (nSPS) is 28.4. The SMILES string of the molecule is COc1cccc(C(O)C2(C#N)CCC(C)CC2)c1. The molecule has 1 saturated carbocycles. The molecule has 0 aromatic heterocycles. The van der Waals surface area contributed by atoms with Crippen molar-refractivity contribution in [3.05, 3.63) is 29.8 Å². The molecular weight excluding hydrogens is 238 g/mol. The lowest BCUT2D eigenvalue weighted by Gasteiger charge is -2.37. The second-order valence-corrected chi connectivity index (χ2v) is 5.63. The third-order valence-electron chi connectivity index (χ3n) is 4.32. The van der Waals surface area contributed by atoms with Crippen LogP contribution in [0.2, 0.25) is 0 Å². The van der Waals surface area contributed by atoms with Crippen molar-refractivity contribution in [3.63, 3.8) is 0 Å². The van der Waals surface area contributed by atoms with E-state index < -0.39 is 11.5 Å². The first-order valence-electron chi connectivity index (χ1n) is 6.84. The summed E-state index contributed by atoms with van der Waals surface area (Å²) < 4.78 is 5.18. The van der Waals surface area contributed by atoms with Gasteiger partial charge in [0.25, 0.3) is 0 Å². The molecule has 1 aromatic rings. The molecule has 3 heteroatoms. The average molecular weight is 259 g/mol. The summed E-state index contributed by atoms with van der Waals surface area (Å²) >= 11 is 0. The zero-order valence-corrected chi connectivity index (χ0v) is 11.6. The van der Waals surface area contributed by atoms with Gasteiger partial charge in [-0.15, -0.1) is 0 Å². The van der Waals surface area contributed by atoms with Crippen LogP contribution in [0.3, 0.4) is 0 Å². The third-order valence-corrected chi connectivity index (χ3v) is 4.32. The Balaban J connectivity index is 2.25. The molecule has 0 bridgehead atoms. The smallest absolute Gasteiger partial charge is 0.119 e. The number of benzene rings is 1. The molecule has 1 N–H and O–H groups in total. The first-order valence-corrected chi connectivity index (χ1v) is 6.84. The van der Waals surface area contributed by atoms with Crippen LogP contribution in [0.15, 0.2) is 24.3 Å². The lowest BCUT2D eigenvalue weighted by molar-refractivity contribution is 0.0265. The predicted molar refractivity (Wildman–Crippen MR) is 73.6 cm³/mol. The number of aliphatic hydroxyl groups is 1. The molecule has 0 heterocycles. The molecule has 1 aliphatic rings. The molecule has 1 atom stereocenters. The number of ether oxygens (including phenoxy) is 1. The Morgan fingerprint density at radius 3 is 2.68 bits per heavy atom. The van der Waals surface area contributed by atoms with E-state index in [1.54, 1.807) is 7.11 Å². The van der Waals surface area contributed by atoms with E-state index >= 15 is 0 Å². The summed E-state index contributed by atoms with van der Waals surface area (Å²) in [5.41, 5.74) is 0.134. The second-order valence-electron chi connectivity index (χ2n) is 5.63. The molecule has 1 unspecified atom stereocenters. The van der Waals surface area contributed by atoms with Crippen molar-refractivity contribution in [1.29, 1.82) is 5.26 Å². The molecule has 0 radical (unpaired) electrons. The van der Waals surface area contributed by atoms with E-state index in [1.807, 2.05) is 24.3 Å². The molecule has 0 saturated heterocycles. The average Bonchev–Trinajstić information content (AvgIpc) is 2.48. The largest absolute Gasteiger partial charge is 0.497 e. The van der Waals surface area contributed by atoms with Crippen molar-refractivity contribution in [2.45, 2.75) is 38.7 Å². The summed E-state index contributed by atoms with van der Waals surface area (Å²) in [6.07, 6.45) is 2.81. The van der Waals surface area contributed by atoms with Gasteiger partial charge in [-0.2, -0.15) is 5.26 Å². The number of hydrogen-bond donors (Lipinski definition) is 1. The lowest BCUT2D eigenvalue weighted by atomic mass is 9.67. The fourth-order valence-electron chi connectivity index (χ4n) is 2.85. The monoisotopic (exact) mass is 259 g/mol. The maximum absolute atomic E-state index is 10.6. The molecule has 1 aromatic carbocycles. The Morgan fingerprint density at radius 2 is 2.11 bits per heavy atom. The highest BCUT2D eigenvalue weighted by atomic mass is 16.5. The highest BCUT2D eigenvalue weighted by molar-refractivity contribution is 5.32. The summed E-state index contributed by atoms with van der Waals surface area (Å²) in [5.74, 6) is 1.37. The minimum atomic E-state index is -0.736. The zero-order chi connectivity index (χ0) is 13.9. The van der Waals surface area contributed by atoms with E-state index in [1.165, 1.54) is 0 Å². The molecular formula is C16H21NO2. The highest BCUT2D eigenvalue weighted by Crippen LogP contribution is 2.47. The Morgan fingerprint density at radius 1 is 1.42 bits per heavy atom. The molecule has 0 spiro atoms. The minimum absolute atomic E-state index is 0.640. The van der Waals surface area contributed by atoms with Crippen molar-refractivity contribution in [1.82, 2.24) is 0 Å². The Hall–Kier alpha value is -1.53. The van der Waals surface area contributed by atoms with Gasteiger partial charge in [0.2, 0.25) is 0 Å². The third kappa shape index (κ3) is 2.74. The number of aliphatic hydroxyl groups excluding tert-OH is 1. The van der Waals surface area contributed by atoms with Crippen molar-refractivity contribution < 1.29 is 9.84 Å². The number of hydrogen-bond acceptors (Lipinski definition) is 3. The molecule has 0 aliphatic heterocycles. The standard InChI is InChI=1S/C16H21NO2/c1-12-6-8-16(11-17,9-7-12)15(18)13-4-3-5-14(10-13)19-2/h3-5,10,12,15,18H,6-9H2,1-2H3. The van der Waals surface area contributed by atoms with Crippen molar-refractivity contribution in [3.8, 4) is 11.8 Å². The first-order chi connectivity index (χ1) is 9.11. The van der Waals surface area contributed by atoms with Gasteiger partial charge in [0, 0.05) is 0 Å². The van der Waals surface area contributed by atoms with Crippen LogP contribution in [-0.2, 0) is 0 Å². The molecule has 102 valence electrons. The van der Waals surface area contributed by atoms with E-state index in [9.17, 15) is 10.4 Å². The summed E-state index contributed by atoms with van der Waals surface area (Å²) in [6.45, 7) is 2.21. The van der Waals surface area contributed by atoms with E-state index in [2.05, 4.69) is 13.0 Å². The molecule has 19 heavy (non-hydrogen) atoms. The number of methoxy groups -OCH3 is 1. The fourth-order valence-corrected chi connectivity index (χ4v) is 2.85. The minimum Gasteiger partial charge on any atom is -0.497 e. The van der Waals surface area contributed by atoms with E-state index in [4.69, 9.17) is 4.74 Å². The van der Waals surface area contributed by atoms with Gasteiger partial charge >= 0.3 is 0 Å². The van der Waals surface area contributed by atoms with Gasteiger partial charge in [0.1, 0.15) is 5.75 Å². The molecule has 3 nitrogen and oxygen atoms in total. The Kier molecular flexibility index (Phi) is 4.11. The molecule has 2 rings (SSSR count). The van der Waals surface area contributed by atoms with Crippen LogP contribution in [0.4, 0.5) is 0 Å². The van der Waals surface area contributed by atoms with Crippen molar-refractivity contribution >= 4 is 0 Å². The second kappa shape index (κ2) is 5.63. The van der Waals surface area contributed by atoms with Crippen molar-refractivity contribution in [2.24, 2.45) is 11.3 Å². The molecule has 1 aliphatic carbocycles. The van der Waals surface area contributed by atoms with Gasteiger partial charge in [0.15, 0.2) is 0 Å². The summed E-state index contributed by atoms with van der Waals surface area (Å²) in [6, 6.07) is 9.77. The Bertz CT molecular complexity index is 470. The number of rotatable bonds is 3. The van der Waals surface area contributed by atoms with Crippen LogP contribution in [0, 0.1) is 22.7 Å². The van der Waals surface area contributed by atoms with Gasteiger partial charge in [-0.05, 0) is 49.3 Å². The molecule has 0 amide bonds. The van der Waals surface area contributed by atoms with Gasteiger partial charge in [0.05, 0.1) is 24.7 Å². The van der Waals surface area contributed by atoms with Gasteiger partial charge in [-0.25, -0.2) is 0 Å². The van der Waals surface area contributed by atoms with Crippen LogP contribution >= 0.6 is 0 Å². The fraction of sp³-hybridized carbons (Fsp3) is 0.562. The molecule has 1 fully saturated rings. The summed E-state index contributed by atoms with van der Waals surface area (Å²) in [5, 5.41) is 20.2. The Labute approximate surface area is 114 Å². The maximum Gasteiger partial charge on any atom is 0.119 e. The van der Waals surface area contributed by atoms with Gasteiger partial charge < -0.3 is 9.84 Å². The summed E-state index contributed by atoms with van der Waals surface area (Å²) in [4.78, 5) is 0. The van der Waals surface area contributed by atoms with Crippen LogP contribution < -0.4 is 4.74 Å². The maximum atomic E-state index is 10.6. The lowest BCUT2D eigenvalue weighted by Crippen LogP contribution is -2.32. The first kappa shape index (κ1) is 13.9. The van der Waals surface area contributed by atoms with Crippen LogP contribution in [-0.4, -0.2) is 12.2 Å². The topological polar surface area (TPSA) is 53.2 Å². The van der Waals surface area contributed by atoms with Crippen LogP contribution in [0.25, 0.3) is 0 Å². The summed E-state index contributed by atoms with van der Waals surface area (Å²) in [7, 11) is 1.61. The van der Waals surface area contributed by atoms with Gasteiger partial charge in [-0.3, -0.25) is 0 Å². The highest BCUT2D eigenvalue weighted by Gasteiger charge is 2.41. The van der Waals surface area contributed by atoms with E-state index in [0.717, 1.165) is 31.2 Å². The zero-order valence-electron chi connectivity index (χ0n) is 11.6. The van der Waals surface area contributed by atoms with Gasteiger partial charge in [-0.1, -0.05) is 19.1 Å². The number of nitriles is 1. The van der Waals surface area contributed by atoms with E-state index in [-0.39, 0.29) is 0 Å². The van der Waals surface area contributed by atoms with Crippen LogP contribution in [0.5, 0.6) is 5.75 Å². The quantitative estimate of drug-likeness (QED) is 0.904.